The average Bonchev–Trinajstić information content (AvgIpc) is 2.45. The van der Waals surface area contributed by atoms with Crippen molar-refractivity contribution < 1.29 is 24.1 Å². The van der Waals surface area contributed by atoms with Gasteiger partial charge in [-0.2, -0.15) is 0 Å². The van der Waals surface area contributed by atoms with E-state index in [1.165, 1.54) is 20.3 Å². The summed E-state index contributed by atoms with van der Waals surface area (Å²) in [5.41, 5.74) is 0.284. The van der Waals surface area contributed by atoms with Crippen molar-refractivity contribution in [3.8, 4) is 17.2 Å². The van der Waals surface area contributed by atoms with Gasteiger partial charge in [0.1, 0.15) is 17.2 Å². The van der Waals surface area contributed by atoms with Crippen LogP contribution in [0.2, 0.25) is 0 Å². The topological polar surface area (TPSA) is 65.0 Å². The van der Waals surface area contributed by atoms with E-state index in [2.05, 4.69) is 0 Å². The van der Waals surface area contributed by atoms with Crippen molar-refractivity contribution in [1.82, 2.24) is 0 Å². The fraction of sp³-hybridized carbons (Fsp3) is 0.267. The smallest absolute Gasteiger partial charge is 0.338 e. The SMILES string of the molecule is CCOC(=O)c1cc(O)c2c(OC)cc(OC)cc2c1. The molecule has 0 amide bonds. The zero-order valence-corrected chi connectivity index (χ0v) is 11.6. The van der Waals surface area contributed by atoms with E-state index in [0.717, 1.165) is 0 Å². The predicted molar refractivity (Wildman–Crippen MR) is 74.7 cm³/mol. The third-order valence-electron chi connectivity index (χ3n) is 2.93. The molecule has 0 radical (unpaired) electrons. The Kier molecular flexibility index (Phi) is 3.98. The minimum absolute atomic E-state index is 0.0370. The van der Waals surface area contributed by atoms with Crippen LogP contribution in [0, 0.1) is 0 Å². The number of fused-ring (bicyclic) bond motifs is 1. The summed E-state index contributed by atoms with van der Waals surface area (Å²) in [4.78, 5) is 11.8. The summed E-state index contributed by atoms with van der Waals surface area (Å²) in [6.45, 7) is 2.00. The largest absolute Gasteiger partial charge is 0.507 e. The highest BCUT2D eigenvalue weighted by Gasteiger charge is 2.15. The number of methoxy groups -OCH3 is 2. The van der Waals surface area contributed by atoms with Crippen LogP contribution in [0.15, 0.2) is 24.3 Å². The van der Waals surface area contributed by atoms with E-state index < -0.39 is 5.97 Å². The molecule has 2 rings (SSSR count). The summed E-state index contributed by atoms with van der Waals surface area (Å²) < 4.78 is 15.3. The summed E-state index contributed by atoms with van der Waals surface area (Å²) in [5.74, 6) is 0.540. The summed E-state index contributed by atoms with van der Waals surface area (Å²) in [6, 6.07) is 6.40. The maximum Gasteiger partial charge on any atom is 0.338 e. The number of aromatic hydroxyl groups is 1. The zero-order chi connectivity index (χ0) is 14.7. The lowest BCUT2D eigenvalue weighted by Crippen LogP contribution is -2.04. The molecule has 20 heavy (non-hydrogen) atoms. The van der Waals surface area contributed by atoms with E-state index in [1.54, 1.807) is 25.1 Å². The van der Waals surface area contributed by atoms with Gasteiger partial charge in [-0.25, -0.2) is 4.79 Å². The zero-order valence-electron chi connectivity index (χ0n) is 11.6. The molecule has 0 aromatic heterocycles. The number of hydrogen-bond acceptors (Lipinski definition) is 5. The van der Waals surface area contributed by atoms with Crippen molar-refractivity contribution in [3.63, 3.8) is 0 Å². The molecule has 106 valence electrons. The second-order valence-corrected chi connectivity index (χ2v) is 4.14. The molecule has 5 nitrogen and oxygen atoms in total. The molecule has 0 aliphatic carbocycles. The second kappa shape index (κ2) is 5.69. The quantitative estimate of drug-likeness (QED) is 0.870. The van der Waals surface area contributed by atoms with Crippen LogP contribution in [-0.2, 0) is 4.74 Å². The number of carbonyl (C=O) groups excluding carboxylic acids is 1. The molecule has 0 saturated heterocycles. The van der Waals surface area contributed by atoms with E-state index in [-0.39, 0.29) is 17.9 Å². The standard InChI is InChI=1S/C15H16O5/c1-4-20-15(17)10-5-9-6-11(18-2)8-13(19-3)14(9)12(16)7-10/h5-8,16H,4H2,1-3H3. The van der Waals surface area contributed by atoms with Crippen molar-refractivity contribution in [2.45, 2.75) is 6.92 Å². The third-order valence-corrected chi connectivity index (χ3v) is 2.93. The average molecular weight is 276 g/mol. The molecule has 0 atom stereocenters. The maximum atomic E-state index is 11.8. The van der Waals surface area contributed by atoms with Crippen molar-refractivity contribution in [1.29, 1.82) is 0 Å². The van der Waals surface area contributed by atoms with Gasteiger partial charge in [0, 0.05) is 6.07 Å². The normalized spacial score (nSPS) is 10.3. The van der Waals surface area contributed by atoms with Crippen LogP contribution in [0.5, 0.6) is 17.2 Å². The fourth-order valence-electron chi connectivity index (χ4n) is 2.04. The Hall–Kier alpha value is -2.43. The van der Waals surface area contributed by atoms with Crippen LogP contribution in [-0.4, -0.2) is 31.9 Å². The molecular formula is C15H16O5. The van der Waals surface area contributed by atoms with Crippen LogP contribution in [0.3, 0.4) is 0 Å². The molecular weight excluding hydrogens is 260 g/mol. The number of benzene rings is 2. The Bertz CT molecular complexity index is 648. The van der Waals surface area contributed by atoms with Gasteiger partial charge in [0.2, 0.25) is 0 Å². The third kappa shape index (κ3) is 2.47. The minimum atomic E-state index is -0.480. The highest BCUT2D eigenvalue weighted by atomic mass is 16.5. The van der Waals surface area contributed by atoms with Crippen molar-refractivity contribution in [2.24, 2.45) is 0 Å². The van der Waals surface area contributed by atoms with E-state index in [9.17, 15) is 9.90 Å². The Morgan fingerprint density at radius 1 is 1.15 bits per heavy atom. The number of phenols is 1. The van der Waals surface area contributed by atoms with E-state index in [0.29, 0.717) is 22.3 Å². The summed E-state index contributed by atoms with van der Waals surface area (Å²) >= 11 is 0. The number of phenolic OH excluding ortho intramolecular Hbond substituents is 1. The molecule has 0 spiro atoms. The molecule has 0 unspecified atom stereocenters. The van der Waals surface area contributed by atoms with Crippen LogP contribution in [0.25, 0.3) is 10.8 Å². The summed E-state index contributed by atoms with van der Waals surface area (Å²) in [7, 11) is 3.04. The number of esters is 1. The van der Waals surface area contributed by atoms with E-state index in [1.807, 2.05) is 0 Å². The molecule has 0 fully saturated rings. The van der Waals surface area contributed by atoms with Gasteiger partial charge in [0.25, 0.3) is 0 Å². The molecule has 0 bridgehead atoms. The van der Waals surface area contributed by atoms with Gasteiger partial charge < -0.3 is 19.3 Å². The number of hydrogen-bond donors (Lipinski definition) is 1. The van der Waals surface area contributed by atoms with Crippen molar-refractivity contribution >= 4 is 16.7 Å². The monoisotopic (exact) mass is 276 g/mol. The van der Waals surface area contributed by atoms with Crippen molar-refractivity contribution in [3.05, 3.63) is 29.8 Å². The van der Waals surface area contributed by atoms with Gasteiger partial charge in [-0.1, -0.05) is 0 Å². The van der Waals surface area contributed by atoms with E-state index in [4.69, 9.17) is 14.2 Å². The lowest BCUT2D eigenvalue weighted by atomic mass is 10.0. The van der Waals surface area contributed by atoms with Gasteiger partial charge in [0.05, 0.1) is 31.8 Å². The molecule has 0 aliphatic rings. The fourth-order valence-corrected chi connectivity index (χ4v) is 2.04. The summed E-state index contributed by atoms with van der Waals surface area (Å²) in [5, 5.41) is 11.3. The number of rotatable bonds is 4. The Labute approximate surface area is 116 Å². The van der Waals surface area contributed by atoms with Crippen LogP contribution in [0.1, 0.15) is 17.3 Å². The lowest BCUT2D eigenvalue weighted by Gasteiger charge is -2.11. The predicted octanol–water partition coefficient (Wildman–Crippen LogP) is 2.74. The van der Waals surface area contributed by atoms with Crippen molar-refractivity contribution in [2.75, 3.05) is 20.8 Å². The van der Waals surface area contributed by atoms with Crippen LogP contribution in [0.4, 0.5) is 0 Å². The molecule has 1 N–H and O–H groups in total. The summed E-state index contributed by atoms with van der Waals surface area (Å²) in [6.07, 6.45) is 0. The molecule has 0 saturated carbocycles. The van der Waals surface area contributed by atoms with Gasteiger partial charge in [-0.3, -0.25) is 0 Å². The Balaban J connectivity index is 2.66. The second-order valence-electron chi connectivity index (χ2n) is 4.14. The van der Waals surface area contributed by atoms with E-state index >= 15 is 0 Å². The first-order valence-corrected chi connectivity index (χ1v) is 6.16. The number of ether oxygens (including phenoxy) is 3. The van der Waals surface area contributed by atoms with Gasteiger partial charge in [-0.05, 0) is 30.5 Å². The first kappa shape index (κ1) is 14.0. The molecule has 5 heteroatoms. The lowest BCUT2D eigenvalue weighted by molar-refractivity contribution is 0.0526. The van der Waals surface area contributed by atoms with Gasteiger partial charge in [-0.15, -0.1) is 0 Å². The molecule has 0 aliphatic heterocycles. The Morgan fingerprint density at radius 3 is 2.50 bits per heavy atom. The highest BCUT2D eigenvalue weighted by Crippen LogP contribution is 2.37. The van der Waals surface area contributed by atoms with Crippen LogP contribution >= 0.6 is 0 Å². The first-order chi connectivity index (χ1) is 9.60. The molecule has 2 aromatic carbocycles. The molecule has 0 heterocycles. The van der Waals surface area contributed by atoms with Gasteiger partial charge in [0.15, 0.2) is 0 Å². The number of carbonyl (C=O) groups is 1. The molecule has 2 aromatic rings. The maximum absolute atomic E-state index is 11.8. The Morgan fingerprint density at radius 2 is 1.90 bits per heavy atom. The first-order valence-electron chi connectivity index (χ1n) is 6.16. The van der Waals surface area contributed by atoms with Crippen LogP contribution < -0.4 is 9.47 Å². The highest BCUT2D eigenvalue weighted by molar-refractivity contribution is 6.01. The van der Waals surface area contributed by atoms with Gasteiger partial charge >= 0.3 is 5.97 Å². The minimum Gasteiger partial charge on any atom is -0.507 e.